The Bertz CT molecular complexity index is 1300. The minimum Gasteiger partial charge on any atom is -0.508 e. The van der Waals surface area contributed by atoms with E-state index in [2.05, 4.69) is 0 Å². The number of carbonyl (C=O) groups excluding carboxylic acids is 5. The van der Waals surface area contributed by atoms with Crippen LogP contribution in [0.15, 0.2) is 23.2 Å². The molecule has 0 aliphatic heterocycles. The van der Waals surface area contributed by atoms with Crippen LogP contribution in [-0.2, 0) is 20.7 Å². The van der Waals surface area contributed by atoms with E-state index in [-0.39, 0.29) is 22.4 Å². The number of carbonyl (C=O) groups is 5. The molecule has 172 valence electrons. The minimum absolute atomic E-state index is 0.0527. The number of aromatic hydroxyl groups is 1. The minimum atomic E-state index is -3.40. The summed E-state index contributed by atoms with van der Waals surface area (Å²) in [5, 5.41) is 54.3. The lowest BCUT2D eigenvalue weighted by molar-refractivity contribution is -0.189. The van der Waals surface area contributed by atoms with E-state index in [9.17, 15) is 49.5 Å². The summed E-state index contributed by atoms with van der Waals surface area (Å²) in [4.78, 5) is 63.3. The van der Waals surface area contributed by atoms with Gasteiger partial charge in [0.1, 0.15) is 28.8 Å². The number of allylic oxidation sites excluding steroid dienone is 2. The molecule has 0 fully saturated rings. The van der Waals surface area contributed by atoms with Crippen molar-refractivity contribution in [2.75, 3.05) is 7.11 Å². The number of rotatable bonds is 2. The molecule has 0 saturated carbocycles. The standard InChI is InChI=1S/C22H18O11/c1-6-8-5-21(31)20(30)17(27)12(7(2)23)18(28)22(21,32)19(29)13(8)16(26)14-9(24)4-10(33-3)15(25)11(6)14/h4,20,26,28,30-32H,5H2,1-3H3/t20-,21-,22-/m1/s1. The van der Waals surface area contributed by atoms with Crippen molar-refractivity contribution in [3.63, 3.8) is 0 Å². The first-order chi connectivity index (χ1) is 15.2. The van der Waals surface area contributed by atoms with E-state index in [0.29, 0.717) is 0 Å². The second-order valence-electron chi connectivity index (χ2n) is 8.17. The van der Waals surface area contributed by atoms with Crippen LogP contribution in [0, 0.1) is 6.92 Å². The normalized spacial score (nSPS) is 28.8. The van der Waals surface area contributed by atoms with Crippen LogP contribution in [-0.4, -0.2) is 78.9 Å². The monoisotopic (exact) mass is 458 g/mol. The number of hydrogen-bond acceptors (Lipinski definition) is 11. The lowest BCUT2D eigenvalue weighted by atomic mass is 9.59. The zero-order chi connectivity index (χ0) is 24.8. The van der Waals surface area contributed by atoms with Gasteiger partial charge < -0.3 is 30.3 Å². The van der Waals surface area contributed by atoms with Crippen molar-refractivity contribution in [1.29, 1.82) is 0 Å². The van der Waals surface area contributed by atoms with Gasteiger partial charge in [0.05, 0.1) is 18.2 Å². The molecule has 0 saturated heterocycles. The van der Waals surface area contributed by atoms with Gasteiger partial charge in [-0.3, -0.25) is 24.0 Å². The summed E-state index contributed by atoms with van der Waals surface area (Å²) in [7, 11) is 1.15. The second-order valence-corrected chi connectivity index (χ2v) is 8.17. The molecule has 5 N–H and O–H groups in total. The van der Waals surface area contributed by atoms with Gasteiger partial charge in [0.25, 0.3) is 0 Å². The van der Waals surface area contributed by atoms with Gasteiger partial charge in [-0.05, 0) is 25.0 Å². The Kier molecular flexibility index (Phi) is 4.55. The van der Waals surface area contributed by atoms with Crippen LogP contribution in [0.3, 0.4) is 0 Å². The largest absolute Gasteiger partial charge is 0.508 e. The molecular weight excluding hydrogens is 440 g/mol. The lowest BCUT2D eigenvalue weighted by Crippen LogP contribution is -2.73. The Balaban J connectivity index is 2.11. The Morgan fingerprint density at radius 2 is 1.70 bits per heavy atom. The number of benzene rings is 1. The molecule has 0 amide bonds. The quantitative estimate of drug-likeness (QED) is 0.346. The number of aliphatic hydroxyl groups excluding tert-OH is 2. The van der Waals surface area contributed by atoms with Crippen molar-refractivity contribution in [1.82, 2.24) is 0 Å². The van der Waals surface area contributed by atoms with E-state index in [1.54, 1.807) is 0 Å². The maximum absolute atomic E-state index is 13.4. The molecule has 0 bridgehead atoms. The summed E-state index contributed by atoms with van der Waals surface area (Å²) in [6.07, 6.45) is -2.60. The Morgan fingerprint density at radius 1 is 1.09 bits per heavy atom. The first-order valence-electron chi connectivity index (χ1n) is 9.65. The van der Waals surface area contributed by atoms with Crippen LogP contribution < -0.4 is 0 Å². The van der Waals surface area contributed by atoms with Gasteiger partial charge in [-0.25, -0.2) is 0 Å². The van der Waals surface area contributed by atoms with Crippen molar-refractivity contribution in [3.8, 4) is 5.75 Å². The highest BCUT2D eigenvalue weighted by molar-refractivity contribution is 6.28. The molecule has 4 rings (SSSR count). The maximum atomic E-state index is 13.4. The van der Waals surface area contributed by atoms with E-state index in [1.165, 1.54) is 6.92 Å². The van der Waals surface area contributed by atoms with E-state index >= 15 is 0 Å². The highest BCUT2D eigenvalue weighted by Gasteiger charge is 2.70. The van der Waals surface area contributed by atoms with Crippen LogP contribution in [0.4, 0.5) is 0 Å². The molecule has 3 aliphatic rings. The van der Waals surface area contributed by atoms with Gasteiger partial charge >= 0.3 is 0 Å². The predicted molar refractivity (Wildman–Crippen MR) is 106 cm³/mol. The Labute approximate surface area is 185 Å². The highest BCUT2D eigenvalue weighted by Crippen LogP contribution is 2.51. The van der Waals surface area contributed by atoms with Gasteiger partial charge in [-0.1, -0.05) is 0 Å². The lowest BCUT2D eigenvalue weighted by Gasteiger charge is -2.50. The fourth-order valence-electron chi connectivity index (χ4n) is 4.81. The molecule has 3 atom stereocenters. The molecule has 0 heterocycles. The van der Waals surface area contributed by atoms with E-state index in [1.807, 2.05) is 0 Å². The predicted octanol–water partition coefficient (Wildman–Crippen LogP) is -0.844. The van der Waals surface area contributed by atoms with Crippen LogP contribution in [0.5, 0.6) is 5.75 Å². The first kappa shape index (κ1) is 22.5. The number of methoxy groups -OCH3 is 1. The van der Waals surface area contributed by atoms with E-state index < -0.39 is 80.9 Å². The SMILES string of the molecule is COC1=CC(=O)c2c(O)c3c(c(C)c2C1=O)C[C@@]1(O)[C@H](O)C(=O)C(C(C)=O)=C(O)[C@@]1(O)C3=O. The summed E-state index contributed by atoms with van der Waals surface area (Å²) in [5.74, 6) is -8.58. The van der Waals surface area contributed by atoms with Gasteiger partial charge in [-0.15, -0.1) is 0 Å². The topological polar surface area (TPSA) is 196 Å². The van der Waals surface area contributed by atoms with Crippen molar-refractivity contribution in [3.05, 3.63) is 51.0 Å². The number of phenolic OH excluding ortho intramolecular Hbond substituents is 1. The summed E-state index contributed by atoms with van der Waals surface area (Å²) in [6, 6.07) is 0. The Morgan fingerprint density at radius 3 is 2.24 bits per heavy atom. The Hall–Kier alpha value is -3.67. The van der Waals surface area contributed by atoms with Gasteiger partial charge in [0, 0.05) is 18.1 Å². The molecule has 0 unspecified atom stereocenters. The number of ketones is 5. The number of aliphatic hydroxyl groups is 4. The second kappa shape index (κ2) is 6.67. The maximum Gasteiger partial charge on any atom is 0.228 e. The van der Waals surface area contributed by atoms with Crippen LogP contribution >= 0.6 is 0 Å². The van der Waals surface area contributed by atoms with Crippen molar-refractivity contribution < 1.29 is 54.2 Å². The fraction of sp³-hybridized carbons (Fsp3) is 0.318. The molecule has 0 aromatic heterocycles. The van der Waals surface area contributed by atoms with Crippen molar-refractivity contribution in [2.24, 2.45) is 0 Å². The highest BCUT2D eigenvalue weighted by atomic mass is 16.5. The third-order valence-electron chi connectivity index (χ3n) is 6.54. The van der Waals surface area contributed by atoms with Crippen LogP contribution in [0.2, 0.25) is 0 Å². The van der Waals surface area contributed by atoms with Crippen molar-refractivity contribution in [2.45, 2.75) is 37.6 Å². The number of fused-ring (bicyclic) bond motifs is 3. The summed E-state index contributed by atoms with van der Waals surface area (Å²) < 4.78 is 4.89. The molecular formula is C22H18O11. The van der Waals surface area contributed by atoms with Gasteiger partial charge in [-0.2, -0.15) is 0 Å². The molecule has 0 spiro atoms. The van der Waals surface area contributed by atoms with E-state index in [0.717, 1.165) is 20.1 Å². The summed E-state index contributed by atoms with van der Waals surface area (Å²) in [6.45, 7) is 2.14. The summed E-state index contributed by atoms with van der Waals surface area (Å²) >= 11 is 0. The molecule has 33 heavy (non-hydrogen) atoms. The van der Waals surface area contributed by atoms with Gasteiger partial charge in [0.15, 0.2) is 17.3 Å². The molecule has 1 aromatic rings. The zero-order valence-electron chi connectivity index (χ0n) is 17.5. The average Bonchev–Trinajstić information content (AvgIpc) is 2.74. The van der Waals surface area contributed by atoms with Gasteiger partial charge in [0.2, 0.25) is 23.0 Å². The molecule has 0 radical (unpaired) electrons. The molecule has 1 aromatic carbocycles. The average molecular weight is 458 g/mol. The van der Waals surface area contributed by atoms with Crippen molar-refractivity contribution >= 4 is 28.9 Å². The fourth-order valence-corrected chi connectivity index (χ4v) is 4.81. The third kappa shape index (κ3) is 2.41. The number of ether oxygens (including phenoxy) is 1. The third-order valence-corrected chi connectivity index (χ3v) is 6.54. The van der Waals surface area contributed by atoms with E-state index in [4.69, 9.17) is 4.74 Å². The van der Waals surface area contributed by atoms with Crippen LogP contribution in [0.25, 0.3) is 0 Å². The molecule has 11 nitrogen and oxygen atoms in total. The first-order valence-corrected chi connectivity index (χ1v) is 9.65. The zero-order valence-corrected chi connectivity index (χ0v) is 17.5. The number of phenols is 1. The van der Waals surface area contributed by atoms with Crippen LogP contribution in [0.1, 0.15) is 49.1 Å². The molecule has 11 heteroatoms. The molecule has 3 aliphatic carbocycles. The smallest absolute Gasteiger partial charge is 0.228 e. The summed E-state index contributed by atoms with van der Waals surface area (Å²) in [5.41, 5.74) is -9.41. The number of Topliss-reactive ketones (excluding diaryl/α,β-unsaturated/α-hetero) is 4. The number of hydrogen-bond donors (Lipinski definition) is 5.